The number of nitrogen functional groups attached to an aromatic ring is 1. The first-order valence-electron chi connectivity index (χ1n) is 10.4. The molecule has 0 radical (unpaired) electrons. The van der Waals surface area contributed by atoms with Crippen LogP contribution in [0.25, 0.3) is 27.8 Å². The molecule has 172 valence electrons. The fraction of sp³-hybridized carbons (Fsp3) is 0.125. The molecule has 0 bridgehead atoms. The number of H-pyrrole nitrogens is 1. The van der Waals surface area contributed by atoms with Gasteiger partial charge in [-0.05, 0) is 49.7 Å². The number of rotatable bonds is 4. The van der Waals surface area contributed by atoms with Crippen molar-refractivity contribution in [2.24, 2.45) is 0 Å². The van der Waals surface area contributed by atoms with Gasteiger partial charge < -0.3 is 15.8 Å². The van der Waals surface area contributed by atoms with Gasteiger partial charge in [0.1, 0.15) is 17.1 Å². The van der Waals surface area contributed by atoms with E-state index in [4.69, 9.17) is 5.73 Å². The fourth-order valence-corrected chi connectivity index (χ4v) is 4.89. The number of aromatic hydroxyl groups is 1. The van der Waals surface area contributed by atoms with Gasteiger partial charge in [-0.25, -0.2) is 13.4 Å². The molecule has 3 heterocycles. The Morgan fingerprint density at radius 2 is 1.82 bits per heavy atom. The maximum Gasteiger partial charge on any atom is 0.215 e. The molecule has 3 aromatic heterocycles. The molecular formula is C24H21N5O4S. The smallest absolute Gasteiger partial charge is 0.215 e. The van der Waals surface area contributed by atoms with Gasteiger partial charge in [-0.2, -0.15) is 0 Å². The highest BCUT2D eigenvalue weighted by Crippen LogP contribution is 2.36. The first kappa shape index (κ1) is 21.7. The van der Waals surface area contributed by atoms with E-state index in [0.29, 0.717) is 33.3 Å². The van der Waals surface area contributed by atoms with Crippen LogP contribution in [0.1, 0.15) is 27.2 Å². The number of phenolic OH excluding ortho intramolecular Hbond substituents is 1. The summed E-state index contributed by atoms with van der Waals surface area (Å²) in [5, 5.41) is 10.9. The Kier molecular flexibility index (Phi) is 4.73. The third-order valence-electron chi connectivity index (χ3n) is 5.94. The van der Waals surface area contributed by atoms with Gasteiger partial charge in [-0.3, -0.25) is 14.3 Å². The number of aromatic amines is 1. The maximum atomic E-state index is 13.7. The average Bonchev–Trinajstić information content (AvgIpc) is 3.34. The monoisotopic (exact) mass is 475 g/mol. The van der Waals surface area contributed by atoms with E-state index >= 15 is 0 Å². The Morgan fingerprint density at radius 3 is 2.56 bits per heavy atom. The number of hydrogen-bond acceptors (Lipinski definition) is 7. The number of carbonyl (C=O) groups excluding carboxylic acids is 1. The number of fused-ring (bicyclic) bond motifs is 2. The van der Waals surface area contributed by atoms with E-state index in [0.717, 1.165) is 11.8 Å². The molecule has 0 aliphatic rings. The number of nitrogens with zero attached hydrogens (tertiary/aromatic N) is 3. The van der Waals surface area contributed by atoms with Crippen molar-refractivity contribution in [3.05, 3.63) is 71.2 Å². The zero-order valence-corrected chi connectivity index (χ0v) is 19.4. The minimum Gasteiger partial charge on any atom is -0.508 e. The van der Waals surface area contributed by atoms with Crippen LogP contribution in [0.5, 0.6) is 5.75 Å². The molecule has 10 heteroatoms. The average molecular weight is 476 g/mol. The Labute approximate surface area is 194 Å². The highest BCUT2D eigenvalue weighted by Gasteiger charge is 2.27. The SMILES string of the molecule is Cc1ccc(O)c(C)c1-n1c(N)c(C(=O)c2cc3cc(S(C)(=O)=O)ccc3[nH]2)c2nccnc21. The summed E-state index contributed by atoms with van der Waals surface area (Å²) >= 11 is 0. The van der Waals surface area contributed by atoms with Gasteiger partial charge in [0, 0.05) is 35.1 Å². The number of anilines is 1. The summed E-state index contributed by atoms with van der Waals surface area (Å²) in [6, 6.07) is 9.58. The molecular weight excluding hydrogens is 454 g/mol. The number of nitrogens with one attached hydrogen (secondary N) is 1. The lowest BCUT2D eigenvalue weighted by Crippen LogP contribution is -2.09. The third-order valence-corrected chi connectivity index (χ3v) is 7.05. The van der Waals surface area contributed by atoms with Gasteiger partial charge in [0.05, 0.1) is 21.8 Å². The van der Waals surface area contributed by atoms with Gasteiger partial charge in [0.25, 0.3) is 0 Å². The Morgan fingerprint density at radius 1 is 1.09 bits per heavy atom. The van der Waals surface area contributed by atoms with E-state index in [-0.39, 0.29) is 27.7 Å². The van der Waals surface area contributed by atoms with Crippen molar-refractivity contribution in [1.29, 1.82) is 0 Å². The Balaban J connectivity index is 1.74. The first-order valence-corrected chi connectivity index (χ1v) is 12.2. The largest absolute Gasteiger partial charge is 0.508 e. The fourth-order valence-electron chi connectivity index (χ4n) is 4.24. The van der Waals surface area contributed by atoms with Gasteiger partial charge in [0.15, 0.2) is 15.5 Å². The summed E-state index contributed by atoms with van der Waals surface area (Å²) < 4.78 is 25.5. The molecule has 0 amide bonds. The van der Waals surface area contributed by atoms with Crippen LogP contribution >= 0.6 is 0 Å². The van der Waals surface area contributed by atoms with Crippen molar-refractivity contribution in [3.63, 3.8) is 0 Å². The summed E-state index contributed by atoms with van der Waals surface area (Å²) in [6.45, 7) is 3.64. The van der Waals surface area contributed by atoms with E-state index < -0.39 is 15.6 Å². The number of benzene rings is 2. The Bertz CT molecular complexity index is 1750. The van der Waals surface area contributed by atoms with Crippen molar-refractivity contribution in [2.45, 2.75) is 18.7 Å². The van der Waals surface area contributed by atoms with Crippen LogP contribution in [0.3, 0.4) is 0 Å². The summed E-state index contributed by atoms with van der Waals surface area (Å²) in [5.41, 5.74) is 10.3. The summed E-state index contributed by atoms with van der Waals surface area (Å²) in [7, 11) is -3.39. The number of hydrogen-bond donors (Lipinski definition) is 3. The highest BCUT2D eigenvalue weighted by atomic mass is 32.2. The van der Waals surface area contributed by atoms with Crippen molar-refractivity contribution in [3.8, 4) is 11.4 Å². The summed E-state index contributed by atoms with van der Waals surface area (Å²) in [4.78, 5) is 25.7. The second kappa shape index (κ2) is 7.42. The minimum atomic E-state index is -3.39. The molecule has 0 aliphatic heterocycles. The van der Waals surface area contributed by atoms with Crippen LogP contribution in [-0.2, 0) is 9.84 Å². The third kappa shape index (κ3) is 3.22. The topological polar surface area (TPSA) is 144 Å². The molecule has 34 heavy (non-hydrogen) atoms. The van der Waals surface area contributed by atoms with Crippen LogP contribution in [0.15, 0.2) is 53.7 Å². The number of aromatic nitrogens is 4. The molecule has 0 fully saturated rings. The lowest BCUT2D eigenvalue weighted by molar-refractivity contribution is 0.103. The predicted octanol–water partition coefficient (Wildman–Crippen LogP) is 3.44. The molecule has 0 spiro atoms. The number of phenols is 1. The predicted molar refractivity (Wildman–Crippen MR) is 129 cm³/mol. The number of carbonyl (C=O) groups is 1. The lowest BCUT2D eigenvalue weighted by atomic mass is 10.1. The second-order valence-electron chi connectivity index (χ2n) is 8.23. The van der Waals surface area contributed by atoms with E-state index in [2.05, 4.69) is 15.0 Å². The van der Waals surface area contributed by atoms with Gasteiger partial charge in [0.2, 0.25) is 5.78 Å². The molecule has 0 atom stereocenters. The van der Waals surface area contributed by atoms with Crippen LogP contribution in [-0.4, -0.2) is 45.1 Å². The van der Waals surface area contributed by atoms with Crippen LogP contribution in [0, 0.1) is 13.8 Å². The van der Waals surface area contributed by atoms with Crippen molar-refractivity contribution in [2.75, 3.05) is 12.0 Å². The van der Waals surface area contributed by atoms with Crippen LogP contribution in [0.2, 0.25) is 0 Å². The summed E-state index contributed by atoms with van der Waals surface area (Å²) in [5.74, 6) is -0.177. The standard InChI is InChI=1S/C24H21N5O4S/c1-12-4-7-18(30)13(2)21(12)29-23(25)19(20-24(29)27-9-8-26-20)22(31)17-11-14-10-15(34(3,32)33)5-6-16(14)28-17/h4-11,28,30H,25H2,1-3H3. The highest BCUT2D eigenvalue weighted by molar-refractivity contribution is 7.90. The molecule has 0 saturated carbocycles. The van der Waals surface area contributed by atoms with Crippen LogP contribution in [0.4, 0.5) is 5.82 Å². The van der Waals surface area contributed by atoms with Crippen molar-refractivity contribution in [1.82, 2.24) is 19.5 Å². The van der Waals surface area contributed by atoms with Gasteiger partial charge in [-0.15, -0.1) is 0 Å². The summed E-state index contributed by atoms with van der Waals surface area (Å²) in [6.07, 6.45) is 4.12. The molecule has 2 aromatic carbocycles. The molecule has 0 aliphatic carbocycles. The number of sulfone groups is 1. The molecule has 0 unspecified atom stereocenters. The van der Waals surface area contributed by atoms with Gasteiger partial charge >= 0.3 is 0 Å². The number of nitrogens with two attached hydrogens (primary N) is 1. The maximum absolute atomic E-state index is 13.7. The van der Waals surface area contributed by atoms with E-state index in [9.17, 15) is 18.3 Å². The number of aryl methyl sites for hydroxylation is 1. The van der Waals surface area contributed by atoms with E-state index in [1.165, 1.54) is 24.5 Å². The normalized spacial score (nSPS) is 12.0. The lowest BCUT2D eigenvalue weighted by Gasteiger charge is -2.15. The van der Waals surface area contributed by atoms with Gasteiger partial charge in [-0.1, -0.05) is 6.07 Å². The number of ketones is 1. The quantitative estimate of drug-likeness (QED) is 0.338. The minimum absolute atomic E-state index is 0.0934. The van der Waals surface area contributed by atoms with Crippen molar-refractivity contribution >= 4 is 43.5 Å². The molecule has 5 aromatic rings. The Hall–Kier alpha value is -4.18. The van der Waals surface area contributed by atoms with E-state index in [1.807, 2.05) is 6.92 Å². The van der Waals surface area contributed by atoms with Crippen LogP contribution < -0.4 is 5.73 Å². The van der Waals surface area contributed by atoms with E-state index in [1.54, 1.807) is 35.8 Å². The molecule has 5 rings (SSSR count). The molecule has 0 saturated heterocycles. The van der Waals surface area contributed by atoms with Crippen molar-refractivity contribution < 1.29 is 18.3 Å². The molecule has 9 nitrogen and oxygen atoms in total. The zero-order valence-electron chi connectivity index (χ0n) is 18.6. The second-order valence-corrected chi connectivity index (χ2v) is 10.2. The molecule has 4 N–H and O–H groups in total. The first-order chi connectivity index (χ1) is 16.1. The zero-order chi connectivity index (χ0) is 24.4.